The van der Waals surface area contributed by atoms with Gasteiger partial charge >= 0.3 is 5.97 Å². The van der Waals surface area contributed by atoms with Crippen LogP contribution >= 0.6 is 11.6 Å². The lowest BCUT2D eigenvalue weighted by atomic mass is 10.1. The summed E-state index contributed by atoms with van der Waals surface area (Å²) in [6.07, 6.45) is 1.50. The molecule has 1 heterocycles. The smallest absolute Gasteiger partial charge is 0.341 e. The number of para-hydroxylation sites is 1. The Morgan fingerprint density at radius 3 is 2.71 bits per heavy atom. The van der Waals surface area contributed by atoms with Gasteiger partial charge in [-0.3, -0.25) is 10.4 Å². The predicted molar refractivity (Wildman–Crippen MR) is 96.4 cm³/mol. The summed E-state index contributed by atoms with van der Waals surface area (Å²) in [6, 6.07) is 14.9. The van der Waals surface area contributed by atoms with Gasteiger partial charge in [-0.1, -0.05) is 29.8 Å². The van der Waals surface area contributed by atoms with Crippen molar-refractivity contribution < 1.29 is 9.53 Å². The molecule has 0 saturated heterocycles. The fourth-order valence-electron chi connectivity index (χ4n) is 2.32. The third-order valence-corrected chi connectivity index (χ3v) is 3.67. The van der Waals surface area contributed by atoms with Gasteiger partial charge in [-0.2, -0.15) is 0 Å². The third-order valence-electron chi connectivity index (χ3n) is 3.43. The normalized spacial score (nSPS) is 10.4. The first-order chi connectivity index (χ1) is 11.7. The van der Waals surface area contributed by atoms with Crippen LogP contribution < -0.4 is 10.9 Å². The lowest BCUT2D eigenvalue weighted by molar-refractivity contribution is 0.0527. The molecule has 0 bridgehead atoms. The molecule has 0 saturated carbocycles. The van der Waals surface area contributed by atoms with E-state index in [2.05, 4.69) is 15.8 Å². The summed E-state index contributed by atoms with van der Waals surface area (Å²) >= 11 is 6.11. The lowest BCUT2D eigenvalue weighted by Crippen LogP contribution is -2.15. The average Bonchev–Trinajstić information content (AvgIpc) is 2.60. The number of esters is 1. The van der Waals surface area contributed by atoms with Gasteiger partial charge in [-0.15, -0.1) is 0 Å². The Bertz CT molecular complexity index is 869. The number of nitrogens with one attached hydrogen (secondary N) is 2. The minimum atomic E-state index is -0.441. The average molecular weight is 342 g/mol. The Morgan fingerprint density at radius 2 is 1.96 bits per heavy atom. The number of rotatable bonds is 5. The van der Waals surface area contributed by atoms with E-state index in [9.17, 15) is 4.79 Å². The highest BCUT2D eigenvalue weighted by Gasteiger charge is 2.17. The Balaban J connectivity index is 2.04. The molecule has 2 aromatic carbocycles. The maximum atomic E-state index is 12.2. The Morgan fingerprint density at radius 1 is 1.17 bits per heavy atom. The first-order valence-electron chi connectivity index (χ1n) is 7.51. The molecule has 0 spiro atoms. The zero-order valence-electron chi connectivity index (χ0n) is 13.0. The van der Waals surface area contributed by atoms with Crippen molar-refractivity contribution in [2.45, 2.75) is 6.92 Å². The van der Waals surface area contributed by atoms with E-state index in [1.54, 1.807) is 25.1 Å². The molecule has 0 aliphatic heterocycles. The molecule has 0 atom stereocenters. The van der Waals surface area contributed by atoms with Gasteiger partial charge in [-0.25, -0.2) is 4.79 Å². The molecule has 0 fully saturated rings. The number of carbonyl (C=O) groups excluding carboxylic acids is 1. The van der Waals surface area contributed by atoms with Gasteiger partial charge in [0.15, 0.2) is 0 Å². The molecule has 122 valence electrons. The predicted octanol–water partition coefficient (Wildman–Crippen LogP) is 4.50. The van der Waals surface area contributed by atoms with Crippen LogP contribution in [0.15, 0.2) is 54.7 Å². The second kappa shape index (κ2) is 7.19. The van der Waals surface area contributed by atoms with Gasteiger partial charge in [0.05, 0.1) is 23.5 Å². The summed E-state index contributed by atoms with van der Waals surface area (Å²) in [5, 5.41) is 1.30. The number of aromatic nitrogens is 1. The van der Waals surface area contributed by atoms with Crippen LogP contribution in [0, 0.1) is 0 Å². The SMILES string of the molecule is CCOC(=O)c1cnc2ccc(Cl)cc2c1NNc1ccccc1. The molecule has 0 aliphatic rings. The van der Waals surface area contributed by atoms with E-state index < -0.39 is 5.97 Å². The number of ether oxygens (including phenoxy) is 1. The van der Waals surface area contributed by atoms with Crippen molar-refractivity contribution in [3.05, 3.63) is 65.3 Å². The number of anilines is 2. The van der Waals surface area contributed by atoms with E-state index in [4.69, 9.17) is 16.3 Å². The first kappa shape index (κ1) is 16.1. The lowest BCUT2D eigenvalue weighted by Gasteiger charge is -2.15. The topological polar surface area (TPSA) is 63.2 Å². The van der Waals surface area contributed by atoms with Gasteiger partial charge in [0.25, 0.3) is 0 Å². The first-order valence-corrected chi connectivity index (χ1v) is 7.89. The molecule has 2 N–H and O–H groups in total. The van der Waals surface area contributed by atoms with E-state index in [0.717, 1.165) is 16.6 Å². The molecule has 0 aliphatic carbocycles. The number of pyridine rings is 1. The van der Waals surface area contributed by atoms with Crippen LogP contribution in [0.1, 0.15) is 17.3 Å². The van der Waals surface area contributed by atoms with Crippen LogP contribution in [-0.4, -0.2) is 17.6 Å². The Labute approximate surface area is 144 Å². The summed E-state index contributed by atoms with van der Waals surface area (Å²) in [7, 11) is 0. The van der Waals surface area contributed by atoms with Gasteiger partial charge in [0, 0.05) is 16.6 Å². The van der Waals surface area contributed by atoms with Crippen LogP contribution in [-0.2, 0) is 4.74 Å². The second-order valence-electron chi connectivity index (χ2n) is 5.04. The number of halogens is 1. The molecule has 6 heteroatoms. The molecule has 24 heavy (non-hydrogen) atoms. The van der Waals surface area contributed by atoms with Crippen molar-refractivity contribution in [2.24, 2.45) is 0 Å². The molecule has 3 aromatic rings. The molecule has 0 radical (unpaired) electrons. The summed E-state index contributed by atoms with van der Waals surface area (Å²) in [5.41, 5.74) is 8.67. The van der Waals surface area contributed by atoms with Gasteiger partial charge in [0.1, 0.15) is 5.56 Å². The highest BCUT2D eigenvalue weighted by molar-refractivity contribution is 6.31. The minimum Gasteiger partial charge on any atom is -0.462 e. The third kappa shape index (κ3) is 3.41. The van der Waals surface area contributed by atoms with Crippen LogP contribution in [0.3, 0.4) is 0 Å². The zero-order chi connectivity index (χ0) is 16.9. The molecule has 0 amide bonds. The quantitative estimate of drug-likeness (QED) is 0.528. The van der Waals surface area contributed by atoms with E-state index in [0.29, 0.717) is 16.3 Å². The maximum Gasteiger partial charge on any atom is 0.341 e. The second-order valence-corrected chi connectivity index (χ2v) is 5.48. The van der Waals surface area contributed by atoms with Gasteiger partial charge in [0.2, 0.25) is 0 Å². The van der Waals surface area contributed by atoms with E-state index in [1.807, 2.05) is 30.3 Å². The molecule has 3 rings (SSSR count). The van der Waals surface area contributed by atoms with Gasteiger partial charge in [-0.05, 0) is 37.3 Å². The fraction of sp³-hybridized carbons (Fsp3) is 0.111. The van der Waals surface area contributed by atoms with Crippen molar-refractivity contribution in [3.8, 4) is 0 Å². The number of hydrogen-bond acceptors (Lipinski definition) is 5. The van der Waals surface area contributed by atoms with Crippen LogP contribution in [0.4, 0.5) is 11.4 Å². The molecule has 0 unspecified atom stereocenters. The monoisotopic (exact) mass is 341 g/mol. The maximum absolute atomic E-state index is 12.2. The number of hydrogen-bond donors (Lipinski definition) is 2. The number of hydrazine groups is 1. The molecular weight excluding hydrogens is 326 g/mol. The minimum absolute atomic E-state index is 0.290. The highest BCUT2D eigenvalue weighted by Crippen LogP contribution is 2.29. The zero-order valence-corrected chi connectivity index (χ0v) is 13.8. The largest absolute Gasteiger partial charge is 0.462 e. The van der Waals surface area contributed by atoms with Crippen LogP contribution in [0.25, 0.3) is 10.9 Å². The van der Waals surface area contributed by atoms with E-state index >= 15 is 0 Å². The molecular formula is C18H16ClN3O2. The fourth-order valence-corrected chi connectivity index (χ4v) is 2.49. The van der Waals surface area contributed by atoms with E-state index in [1.165, 1.54) is 6.20 Å². The number of carbonyl (C=O) groups is 1. The standard InChI is InChI=1S/C18H16ClN3O2/c1-2-24-18(23)15-11-20-16-9-8-12(19)10-14(16)17(15)22-21-13-6-4-3-5-7-13/h3-11,21H,2H2,1H3,(H,20,22). The summed E-state index contributed by atoms with van der Waals surface area (Å²) in [5.74, 6) is -0.441. The summed E-state index contributed by atoms with van der Waals surface area (Å²) in [6.45, 7) is 2.05. The van der Waals surface area contributed by atoms with Crippen molar-refractivity contribution >= 4 is 39.8 Å². The summed E-state index contributed by atoms with van der Waals surface area (Å²) < 4.78 is 5.12. The van der Waals surface area contributed by atoms with Crippen molar-refractivity contribution in [1.29, 1.82) is 0 Å². The number of nitrogens with zero attached hydrogens (tertiary/aromatic N) is 1. The van der Waals surface area contributed by atoms with Crippen molar-refractivity contribution in [2.75, 3.05) is 17.5 Å². The Kier molecular flexibility index (Phi) is 4.82. The number of fused-ring (bicyclic) bond motifs is 1. The van der Waals surface area contributed by atoms with Crippen LogP contribution in [0.2, 0.25) is 5.02 Å². The van der Waals surface area contributed by atoms with Crippen molar-refractivity contribution in [1.82, 2.24) is 4.98 Å². The highest BCUT2D eigenvalue weighted by atomic mass is 35.5. The van der Waals surface area contributed by atoms with Gasteiger partial charge < -0.3 is 10.2 Å². The van der Waals surface area contributed by atoms with E-state index in [-0.39, 0.29) is 6.61 Å². The number of benzene rings is 2. The summed E-state index contributed by atoms with van der Waals surface area (Å²) in [4.78, 5) is 16.6. The Hall–Kier alpha value is -2.79. The van der Waals surface area contributed by atoms with Crippen molar-refractivity contribution in [3.63, 3.8) is 0 Å². The molecule has 5 nitrogen and oxygen atoms in total. The van der Waals surface area contributed by atoms with Crippen LogP contribution in [0.5, 0.6) is 0 Å². The molecule has 1 aromatic heterocycles.